The average Bonchev–Trinajstić information content (AvgIpc) is 2.98. The highest BCUT2D eigenvalue weighted by Crippen LogP contribution is 2.33. The highest BCUT2D eigenvalue weighted by atomic mass is 19.1. The van der Waals surface area contributed by atoms with Crippen LogP contribution in [-0.2, 0) is 6.42 Å². The van der Waals surface area contributed by atoms with Crippen LogP contribution in [0, 0.1) is 5.82 Å². The third kappa shape index (κ3) is 2.90. The van der Waals surface area contributed by atoms with E-state index in [0.29, 0.717) is 5.69 Å². The van der Waals surface area contributed by atoms with Crippen molar-refractivity contribution in [1.29, 1.82) is 0 Å². The summed E-state index contributed by atoms with van der Waals surface area (Å²) in [6, 6.07) is 7.82. The smallest absolute Gasteiger partial charge is 0.146 e. The number of halogens is 1. The molecule has 0 bridgehead atoms. The zero-order chi connectivity index (χ0) is 14.7. The van der Waals surface area contributed by atoms with E-state index in [1.807, 2.05) is 19.3 Å². The van der Waals surface area contributed by atoms with Crippen molar-refractivity contribution in [2.45, 2.75) is 18.8 Å². The van der Waals surface area contributed by atoms with Crippen molar-refractivity contribution in [1.82, 2.24) is 10.3 Å². The van der Waals surface area contributed by atoms with Crippen LogP contribution in [-0.4, -0.2) is 25.1 Å². The molecule has 0 spiro atoms. The maximum absolute atomic E-state index is 14.3. The quantitative estimate of drug-likeness (QED) is 0.887. The van der Waals surface area contributed by atoms with Gasteiger partial charge in [0.05, 0.1) is 5.69 Å². The molecule has 1 aliphatic rings. The summed E-state index contributed by atoms with van der Waals surface area (Å²) in [5.74, 6) is 0.0323. The van der Waals surface area contributed by atoms with Gasteiger partial charge < -0.3 is 10.6 Å². The Bertz CT molecular complexity index is 613. The van der Waals surface area contributed by atoms with E-state index in [4.69, 9.17) is 0 Å². The lowest BCUT2D eigenvalue weighted by molar-refractivity contribution is 0.618. The lowest BCUT2D eigenvalue weighted by Crippen LogP contribution is -2.13. The summed E-state index contributed by atoms with van der Waals surface area (Å²) in [6.07, 6.45) is 5.47. The fourth-order valence-corrected chi connectivity index (χ4v) is 3.00. The maximum atomic E-state index is 14.3. The summed E-state index contributed by atoms with van der Waals surface area (Å²) < 4.78 is 14.3. The van der Waals surface area contributed by atoms with Crippen molar-refractivity contribution in [3.8, 4) is 0 Å². The summed E-state index contributed by atoms with van der Waals surface area (Å²) in [4.78, 5) is 4.21. The Labute approximate surface area is 124 Å². The SMILES string of the molecule is CNCCC(c1cccnc1)c1cc(F)c2c(c1)CCN2. The lowest BCUT2D eigenvalue weighted by atomic mass is 9.88. The van der Waals surface area contributed by atoms with E-state index in [1.54, 1.807) is 12.3 Å². The van der Waals surface area contributed by atoms with Gasteiger partial charge in [0.1, 0.15) is 5.82 Å². The van der Waals surface area contributed by atoms with Crippen molar-refractivity contribution in [2.75, 3.05) is 25.5 Å². The number of fused-ring (bicyclic) bond motifs is 1. The number of anilines is 1. The molecule has 0 aliphatic carbocycles. The largest absolute Gasteiger partial charge is 0.382 e. The monoisotopic (exact) mass is 285 g/mol. The van der Waals surface area contributed by atoms with Crippen LogP contribution in [0.4, 0.5) is 10.1 Å². The first-order valence-electron chi connectivity index (χ1n) is 7.40. The van der Waals surface area contributed by atoms with Crippen LogP contribution < -0.4 is 10.6 Å². The van der Waals surface area contributed by atoms with Crippen LogP contribution in [0.3, 0.4) is 0 Å². The van der Waals surface area contributed by atoms with E-state index in [2.05, 4.69) is 27.8 Å². The highest BCUT2D eigenvalue weighted by Gasteiger charge is 2.21. The number of hydrogen-bond donors (Lipinski definition) is 2. The van der Waals surface area contributed by atoms with E-state index in [1.165, 1.54) is 0 Å². The molecular weight excluding hydrogens is 265 g/mol. The Morgan fingerprint density at radius 1 is 1.38 bits per heavy atom. The van der Waals surface area contributed by atoms with Gasteiger partial charge in [0.2, 0.25) is 0 Å². The highest BCUT2D eigenvalue weighted by molar-refractivity contribution is 5.58. The molecule has 110 valence electrons. The van der Waals surface area contributed by atoms with Gasteiger partial charge in [-0.1, -0.05) is 12.1 Å². The molecule has 1 aromatic heterocycles. The first-order chi connectivity index (χ1) is 10.3. The second-order valence-electron chi connectivity index (χ2n) is 5.44. The Balaban J connectivity index is 1.98. The van der Waals surface area contributed by atoms with Gasteiger partial charge in [-0.05, 0) is 55.3 Å². The second-order valence-corrected chi connectivity index (χ2v) is 5.44. The molecule has 2 heterocycles. The number of rotatable bonds is 5. The van der Waals surface area contributed by atoms with E-state index in [-0.39, 0.29) is 11.7 Å². The van der Waals surface area contributed by atoms with Gasteiger partial charge >= 0.3 is 0 Å². The van der Waals surface area contributed by atoms with Crippen LogP contribution in [0.2, 0.25) is 0 Å². The van der Waals surface area contributed by atoms with Gasteiger partial charge in [-0.2, -0.15) is 0 Å². The predicted octanol–water partition coefficient (Wildman–Crippen LogP) is 2.93. The molecule has 0 saturated heterocycles. The topological polar surface area (TPSA) is 37.0 Å². The van der Waals surface area contributed by atoms with Gasteiger partial charge in [-0.25, -0.2) is 4.39 Å². The number of pyridine rings is 1. The average molecular weight is 285 g/mol. The van der Waals surface area contributed by atoms with Crippen molar-refractivity contribution >= 4 is 5.69 Å². The summed E-state index contributed by atoms with van der Waals surface area (Å²) >= 11 is 0. The molecule has 2 aromatic rings. The molecule has 0 amide bonds. The molecule has 3 rings (SSSR count). The van der Waals surface area contributed by atoms with Gasteiger partial charge in [0.15, 0.2) is 0 Å². The molecule has 1 aliphatic heterocycles. The summed E-state index contributed by atoms with van der Waals surface area (Å²) in [5, 5.41) is 6.30. The fraction of sp³-hybridized carbons (Fsp3) is 0.353. The molecule has 1 aromatic carbocycles. The molecule has 21 heavy (non-hydrogen) atoms. The fourth-order valence-electron chi connectivity index (χ4n) is 3.00. The van der Waals surface area contributed by atoms with E-state index in [9.17, 15) is 4.39 Å². The first kappa shape index (κ1) is 14.0. The molecule has 2 N–H and O–H groups in total. The minimum Gasteiger partial charge on any atom is -0.382 e. The third-order valence-corrected chi connectivity index (χ3v) is 4.06. The number of nitrogens with zero attached hydrogens (tertiary/aromatic N) is 1. The Hall–Kier alpha value is -1.94. The van der Waals surface area contributed by atoms with Crippen molar-refractivity contribution in [2.24, 2.45) is 0 Å². The van der Waals surface area contributed by atoms with Gasteiger partial charge in [0.25, 0.3) is 0 Å². The van der Waals surface area contributed by atoms with Crippen LogP contribution in [0.5, 0.6) is 0 Å². The Morgan fingerprint density at radius 2 is 2.29 bits per heavy atom. The van der Waals surface area contributed by atoms with Crippen molar-refractivity contribution < 1.29 is 4.39 Å². The van der Waals surface area contributed by atoms with E-state index in [0.717, 1.165) is 42.6 Å². The minimum absolute atomic E-state index is 0.140. The Morgan fingerprint density at radius 3 is 3.05 bits per heavy atom. The number of nitrogens with one attached hydrogen (secondary N) is 2. The van der Waals surface area contributed by atoms with Crippen LogP contribution >= 0.6 is 0 Å². The van der Waals surface area contributed by atoms with Gasteiger partial charge in [0, 0.05) is 24.9 Å². The molecule has 1 atom stereocenters. The van der Waals surface area contributed by atoms with Crippen LogP contribution in [0.15, 0.2) is 36.7 Å². The standard InChI is InChI=1S/C17H20FN3/c1-19-7-5-15(13-3-2-6-20-11-13)14-9-12-4-8-21-17(12)16(18)10-14/h2-3,6,9-11,15,19,21H,4-5,7-8H2,1H3. The molecule has 0 fully saturated rings. The minimum atomic E-state index is -0.140. The van der Waals surface area contributed by atoms with Crippen LogP contribution in [0.25, 0.3) is 0 Å². The zero-order valence-electron chi connectivity index (χ0n) is 12.2. The third-order valence-electron chi connectivity index (χ3n) is 4.06. The molecule has 4 heteroatoms. The molecule has 3 nitrogen and oxygen atoms in total. The number of hydrogen-bond acceptors (Lipinski definition) is 3. The molecule has 0 radical (unpaired) electrons. The number of benzene rings is 1. The summed E-state index contributed by atoms with van der Waals surface area (Å²) in [5.41, 5.74) is 3.94. The zero-order valence-corrected chi connectivity index (χ0v) is 12.2. The molecule has 0 saturated carbocycles. The number of aromatic nitrogens is 1. The first-order valence-corrected chi connectivity index (χ1v) is 7.40. The predicted molar refractivity (Wildman–Crippen MR) is 83.2 cm³/mol. The summed E-state index contributed by atoms with van der Waals surface area (Å²) in [7, 11) is 1.94. The summed E-state index contributed by atoms with van der Waals surface area (Å²) in [6.45, 7) is 1.71. The van der Waals surface area contributed by atoms with Crippen LogP contribution in [0.1, 0.15) is 29.0 Å². The normalized spacial score (nSPS) is 14.6. The molecular formula is C17H20FN3. The van der Waals surface area contributed by atoms with E-state index < -0.39 is 0 Å². The van der Waals surface area contributed by atoms with E-state index >= 15 is 0 Å². The Kier molecular flexibility index (Phi) is 4.15. The van der Waals surface area contributed by atoms with Crippen molar-refractivity contribution in [3.05, 3.63) is 59.2 Å². The lowest BCUT2D eigenvalue weighted by Gasteiger charge is -2.19. The second kappa shape index (κ2) is 6.22. The van der Waals surface area contributed by atoms with Gasteiger partial charge in [-0.15, -0.1) is 0 Å². The van der Waals surface area contributed by atoms with Gasteiger partial charge in [-0.3, -0.25) is 4.98 Å². The maximum Gasteiger partial charge on any atom is 0.146 e. The molecule has 1 unspecified atom stereocenters. The van der Waals surface area contributed by atoms with Crippen molar-refractivity contribution in [3.63, 3.8) is 0 Å².